The molecule has 1 N–H and O–H groups in total. The van der Waals surface area contributed by atoms with E-state index in [1.807, 2.05) is 22.2 Å². The minimum Gasteiger partial charge on any atom is -0.379 e. The quantitative estimate of drug-likeness (QED) is 0.791. The Morgan fingerprint density at radius 1 is 1.44 bits per heavy atom. The number of nitrogens with one attached hydrogen (secondary N) is 1. The summed E-state index contributed by atoms with van der Waals surface area (Å²) in [4.78, 5) is 5.44. The number of imidazole rings is 1. The van der Waals surface area contributed by atoms with Crippen molar-refractivity contribution >= 4 is 37.9 Å². The molecule has 0 fully saturated rings. The highest BCUT2D eigenvalue weighted by molar-refractivity contribution is 9.10. The third-order valence-corrected chi connectivity index (χ3v) is 3.91. The number of hydrogen-bond acceptors (Lipinski definition) is 3. The molecule has 6 heteroatoms. The predicted octanol–water partition coefficient (Wildman–Crippen LogP) is 3.91. The molecule has 0 saturated heterocycles. The number of fused-ring (bicyclic) bond motifs is 1. The van der Waals surface area contributed by atoms with Crippen LogP contribution >= 0.6 is 27.3 Å². The maximum absolute atomic E-state index is 13.1. The van der Waals surface area contributed by atoms with E-state index in [0.29, 0.717) is 11.0 Å². The zero-order valence-electron chi connectivity index (χ0n) is 9.23. The van der Waals surface area contributed by atoms with E-state index in [9.17, 15) is 4.39 Å². The fourth-order valence-electron chi connectivity index (χ4n) is 1.66. The molecule has 0 saturated carbocycles. The molecule has 0 aliphatic rings. The van der Waals surface area contributed by atoms with Crippen LogP contribution in [0.3, 0.4) is 0 Å². The molecule has 3 rings (SSSR count). The van der Waals surface area contributed by atoms with Crippen LogP contribution in [0.4, 0.5) is 10.1 Å². The molecule has 0 spiro atoms. The monoisotopic (exact) mass is 325 g/mol. The average molecular weight is 326 g/mol. The van der Waals surface area contributed by atoms with Crippen LogP contribution in [0, 0.1) is 5.82 Å². The Kier molecular flexibility index (Phi) is 3.05. The molecule has 2 aromatic heterocycles. The van der Waals surface area contributed by atoms with Crippen LogP contribution in [0.5, 0.6) is 0 Å². The SMILES string of the molecule is Fc1ccc(NCc2cn3ccsc3n2)cc1Br. The van der Waals surface area contributed by atoms with Crippen molar-refractivity contribution in [2.75, 3.05) is 5.32 Å². The van der Waals surface area contributed by atoms with Gasteiger partial charge in [-0.1, -0.05) is 0 Å². The summed E-state index contributed by atoms with van der Waals surface area (Å²) >= 11 is 4.76. The van der Waals surface area contributed by atoms with Crippen molar-refractivity contribution in [3.63, 3.8) is 0 Å². The third-order valence-electron chi connectivity index (χ3n) is 2.54. The van der Waals surface area contributed by atoms with Crippen LogP contribution in [0.25, 0.3) is 4.96 Å². The highest BCUT2D eigenvalue weighted by Crippen LogP contribution is 2.20. The second-order valence-electron chi connectivity index (χ2n) is 3.81. The summed E-state index contributed by atoms with van der Waals surface area (Å²) in [6.07, 6.45) is 3.96. The molecule has 0 atom stereocenters. The van der Waals surface area contributed by atoms with Crippen molar-refractivity contribution in [3.05, 3.63) is 52.0 Å². The van der Waals surface area contributed by atoms with Gasteiger partial charge in [-0.05, 0) is 34.1 Å². The Morgan fingerprint density at radius 2 is 2.33 bits per heavy atom. The van der Waals surface area contributed by atoms with Crippen molar-refractivity contribution in [2.45, 2.75) is 6.54 Å². The summed E-state index contributed by atoms with van der Waals surface area (Å²) in [5, 5.41) is 5.21. The summed E-state index contributed by atoms with van der Waals surface area (Å²) < 4.78 is 15.5. The molecule has 0 amide bonds. The maximum atomic E-state index is 13.1. The van der Waals surface area contributed by atoms with E-state index in [2.05, 4.69) is 26.2 Å². The highest BCUT2D eigenvalue weighted by atomic mass is 79.9. The third kappa shape index (κ3) is 2.26. The van der Waals surface area contributed by atoms with Crippen LogP contribution in [-0.2, 0) is 6.54 Å². The number of hydrogen-bond donors (Lipinski definition) is 1. The number of aromatic nitrogens is 2. The lowest BCUT2D eigenvalue weighted by Gasteiger charge is -2.05. The second kappa shape index (κ2) is 4.70. The summed E-state index contributed by atoms with van der Waals surface area (Å²) in [5.41, 5.74) is 1.82. The van der Waals surface area contributed by atoms with Gasteiger partial charge in [0.15, 0.2) is 4.96 Å². The van der Waals surface area contributed by atoms with Gasteiger partial charge in [0.1, 0.15) is 5.82 Å². The predicted molar refractivity (Wildman–Crippen MR) is 74.5 cm³/mol. The molecule has 2 heterocycles. The van der Waals surface area contributed by atoms with E-state index in [1.54, 1.807) is 23.5 Å². The fourth-order valence-corrected chi connectivity index (χ4v) is 2.76. The minimum atomic E-state index is -0.261. The molecule has 1 aromatic carbocycles. The first-order valence-electron chi connectivity index (χ1n) is 5.32. The molecule has 3 nitrogen and oxygen atoms in total. The Bertz CT molecular complexity index is 663. The van der Waals surface area contributed by atoms with E-state index in [4.69, 9.17) is 0 Å². The average Bonchev–Trinajstić information content (AvgIpc) is 2.91. The van der Waals surface area contributed by atoms with Crippen LogP contribution in [0.1, 0.15) is 5.69 Å². The Hall–Kier alpha value is -1.40. The fraction of sp³-hybridized carbons (Fsp3) is 0.0833. The van der Waals surface area contributed by atoms with E-state index >= 15 is 0 Å². The first-order valence-corrected chi connectivity index (χ1v) is 6.99. The molecular weight excluding hydrogens is 317 g/mol. The number of nitrogens with zero attached hydrogens (tertiary/aromatic N) is 2. The first-order chi connectivity index (χ1) is 8.72. The maximum Gasteiger partial charge on any atom is 0.193 e. The van der Waals surface area contributed by atoms with Gasteiger partial charge in [-0.15, -0.1) is 11.3 Å². The second-order valence-corrected chi connectivity index (χ2v) is 5.53. The number of anilines is 1. The molecule has 0 unspecified atom stereocenters. The molecule has 0 aliphatic heterocycles. The normalized spacial score (nSPS) is 11.0. The van der Waals surface area contributed by atoms with Crippen molar-refractivity contribution < 1.29 is 4.39 Å². The van der Waals surface area contributed by atoms with Crippen LogP contribution in [0.2, 0.25) is 0 Å². The molecule has 92 valence electrons. The molecule has 0 bridgehead atoms. The van der Waals surface area contributed by atoms with Gasteiger partial charge in [-0.2, -0.15) is 0 Å². The lowest BCUT2D eigenvalue weighted by atomic mass is 10.3. The standard InChI is InChI=1S/C12H9BrFN3S/c13-10-5-8(1-2-11(10)14)15-6-9-7-17-3-4-18-12(17)16-9/h1-5,7,15H,6H2. The molecule has 0 aliphatic carbocycles. The zero-order chi connectivity index (χ0) is 12.5. The summed E-state index contributed by atoms with van der Waals surface area (Å²) in [7, 11) is 0. The van der Waals surface area contributed by atoms with E-state index in [-0.39, 0.29) is 5.82 Å². The lowest BCUT2D eigenvalue weighted by molar-refractivity contribution is 0.621. The summed E-state index contributed by atoms with van der Waals surface area (Å²) in [6.45, 7) is 0.618. The molecule has 3 aromatic rings. The van der Waals surface area contributed by atoms with Crippen LogP contribution in [0.15, 0.2) is 40.4 Å². The van der Waals surface area contributed by atoms with E-state index < -0.39 is 0 Å². The van der Waals surface area contributed by atoms with E-state index in [1.165, 1.54) is 6.07 Å². The Labute approximate surface area is 115 Å². The molecule has 18 heavy (non-hydrogen) atoms. The van der Waals surface area contributed by atoms with Crippen LogP contribution < -0.4 is 5.32 Å². The zero-order valence-corrected chi connectivity index (χ0v) is 11.6. The van der Waals surface area contributed by atoms with Crippen molar-refractivity contribution in [1.82, 2.24) is 9.38 Å². The Balaban J connectivity index is 1.73. The Morgan fingerprint density at radius 3 is 3.11 bits per heavy atom. The van der Waals surface area contributed by atoms with Gasteiger partial charge >= 0.3 is 0 Å². The van der Waals surface area contributed by atoms with Gasteiger partial charge in [-0.25, -0.2) is 9.37 Å². The van der Waals surface area contributed by atoms with Gasteiger partial charge < -0.3 is 5.32 Å². The van der Waals surface area contributed by atoms with Crippen molar-refractivity contribution in [3.8, 4) is 0 Å². The largest absolute Gasteiger partial charge is 0.379 e. The lowest BCUT2D eigenvalue weighted by Crippen LogP contribution is -1.99. The number of halogens is 2. The van der Waals surface area contributed by atoms with Gasteiger partial charge in [0.05, 0.1) is 16.7 Å². The summed E-state index contributed by atoms with van der Waals surface area (Å²) in [5.74, 6) is -0.261. The van der Waals surface area contributed by atoms with Gasteiger partial charge in [0.2, 0.25) is 0 Å². The van der Waals surface area contributed by atoms with Crippen molar-refractivity contribution in [2.24, 2.45) is 0 Å². The minimum absolute atomic E-state index is 0.261. The highest BCUT2D eigenvalue weighted by Gasteiger charge is 2.03. The molecule has 0 radical (unpaired) electrons. The number of thiazole rings is 1. The van der Waals surface area contributed by atoms with E-state index in [0.717, 1.165) is 16.3 Å². The topological polar surface area (TPSA) is 29.3 Å². The van der Waals surface area contributed by atoms with Crippen LogP contribution in [-0.4, -0.2) is 9.38 Å². The summed E-state index contributed by atoms with van der Waals surface area (Å²) in [6, 6.07) is 4.85. The first kappa shape index (κ1) is 11.7. The van der Waals surface area contributed by atoms with Gasteiger partial charge in [-0.3, -0.25) is 4.40 Å². The van der Waals surface area contributed by atoms with Crippen molar-refractivity contribution in [1.29, 1.82) is 0 Å². The smallest absolute Gasteiger partial charge is 0.193 e. The van der Waals surface area contributed by atoms with Gasteiger partial charge in [0, 0.05) is 23.5 Å². The number of benzene rings is 1. The molecular formula is C12H9BrFN3S. The number of rotatable bonds is 3. The van der Waals surface area contributed by atoms with Gasteiger partial charge in [0.25, 0.3) is 0 Å².